The van der Waals surface area contributed by atoms with Crippen molar-refractivity contribution < 1.29 is 35.9 Å². The highest BCUT2D eigenvalue weighted by Gasteiger charge is 2.31. The molecule has 0 spiro atoms. The predicted molar refractivity (Wildman–Crippen MR) is 98.2 cm³/mol. The maximum atomic E-state index is 14.1. The van der Waals surface area contributed by atoms with Gasteiger partial charge in [-0.25, -0.2) is 12.8 Å². The first-order chi connectivity index (χ1) is 13.3. The van der Waals surface area contributed by atoms with Crippen LogP contribution in [0.25, 0.3) is 0 Å². The van der Waals surface area contributed by atoms with Crippen molar-refractivity contribution in [3.63, 3.8) is 0 Å². The zero-order chi connectivity index (χ0) is 22.0. The second kappa shape index (κ2) is 8.27. The van der Waals surface area contributed by atoms with Gasteiger partial charge in [0.1, 0.15) is 11.6 Å². The SMILES string of the molecule is CC(C(=O)NCc1ccc(C(F)(F)F)cc1O)c1ccc(NS(C)(=O)=O)c(F)c1. The van der Waals surface area contributed by atoms with E-state index < -0.39 is 45.2 Å². The number of anilines is 1. The Labute approximate surface area is 164 Å². The number of carbonyl (C=O) groups excluding carboxylic acids is 1. The van der Waals surface area contributed by atoms with Gasteiger partial charge in [-0.15, -0.1) is 0 Å². The van der Waals surface area contributed by atoms with Gasteiger partial charge in [-0.1, -0.05) is 12.1 Å². The van der Waals surface area contributed by atoms with Crippen LogP contribution in [0.2, 0.25) is 0 Å². The molecule has 3 N–H and O–H groups in total. The predicted octanol–water partition coefficient (Wildman–Crippen LogP) is 3.34. The van der Waals surface area contributed by atoms with Gasteiger partial charge in [0, 0.05) is 12.1 Å². The molecule has 0 radical (unpaired) electrons. The lowest BCUT2D eigenvalue weighted by atomic mass is 9.99. The van der Waals surface area contributed by atoms with E-state index in [1.54, 1.807) is 0 Å². The fourth-order valence-corrected chi connectivity index (χ4v) is 3.02. The van der Waals surface area contributed by atoms with Gasteiger partial charge in [-0.05, 0) is 36.8 Å². The highest BCUT2D eigenvalue weighted by molar-refractivity contribution is 7.92. The Morgan fingerprint density at radius 1 is 1.17 bits per heavy atom. The number of benzene rings is 2. The Morgan fingerprint density at radius 2 is 1.83 bits per heavy atom. The van der Waals surface area contributed by atoms with Crippen LogP contribution < -0.4 is 10.0 Å². The average Bonchev–Trinajstić information content (AvgIpc) is 2.59. The molecule has 0 fully saturated rings. The molecule has 0 aliphatic carbocycles. The zero-order valence-corrected chi connectivity index (χ0v) is 16.2. The molecule has 0 aromatic heterocycles. The molecule has 0 saturated carbocycles. The number of phenols is 1. The van der Waals surface area contributed by atoms with Crippen molar-refractivity contribution >= 4 is 21.6 Å². The topological polar surface area (TPSA) is 95.5 Å². The van der Waals surface area contributed by atoms with Crippen molar-refractivity contribution in [3.8, 4) is 5.75 Å². The van der Waals surface area contributed by atoms with Gasteiger partial charge in [0.2, 0.25) is 15.9 Å². The van der Waals surface area contributed by atoms with E-state index in [1.807, 2.05) is 4.72 Å². The van der Waals surface area contributed by atoms with Crippen LogP contribution in [0.3, 0.4) is 0 Å². The van der Waals surface area contributed by atoms with Crippen LogP contribution in [-0.2, 0) is 27.5 Å². The van der Waals surface area contributed by atoms with Crippen LogP contribution in [-0.4, -0.2) is 25.7 Å². The number of aromatic hydroxyl groups is 1. The van der Waals surface area contributed by atoms with Crippen molar-refractivity contribution in [1.29, 1.82) is 0 Å². The van der Waals surface area contributed by atoms with Gasteiger partial charge in [0.15, 0.2) is 0 Å². The molecule has 1 atom stereocenters. The molecule has 1 unspecified atom stereocenters. The smallest absolute Gasteiger partial charge is 0.416 e. The molecular weight excluding hydrogens is 416 g/mol. The maximum absolute atomic E-state index is 14.1. The highest BCUT2D eigenvalue weighted by Crippen LogP contribution is 2.32. The summed E-state index contributed by atoms with van der Waals surface area (Å²) in [5.74, 6) is -2.89. The van der Waals surface area contributed by atoms with Gasteiger partial charge >= 0.3 is 6.18 Å². The Balaban J connectivity index is 2.07. The minimum Gasteiger partial charge on any atom is -0.508 e. The van der Waals surface area contributed by atoms with Crippen molar-refractivity contribution in [3.05, 3.63) is 58.9 Å². The average molecular weight is 434 g/mol. The number of alkyl halides is 3. The summed E-state index contributed by atoms with van der Waals surface area (Å²) < 4.78 is 76.2. The third-order valence-corrected chi connectivity index (χ3v) is 4.64. The first-order valence-corrected chi connectivity index (χ1v) is 10.1. The summed E-state index contributed by atoms with van der Waals surface area (Å²) in [5.41, 5.74) is -0.941. The number of halogens is 4. The molecule has 2 aromatic carbocycles. The Hall–Kier alpha value is -2.82. The summed E-state index contributed by atoms with van der Waals surface area (Å²) in [5, 5.41) is 12.2. The Kier molecular flexibility index (Phi) is 6.41. The van der Waals surface area contributed by atoms with Crippen LogP contribution in [0.5, 0.6) is 5.75 Å². The normalized spacial score (nSPS) is 13.0. The fourth-order valence-electron chi connectivity index (χ4n) is 2.46. The molecule has 1 amide bonds. The molecule has 2 aromatic rings. The molecule has 0 heterocycles. The van der Waals surface area contributed by atoms with E-state index >= 15 is 0 Å². The lowest BCUT2D eigenvalue weighted by Crippen LogP contribution is -2.27. The molecule has 158 valence electrons. The van der Waals surface area contributed by atoms with Gasteiger partial charge in [-0.3, -0.25) is 9.52 Å². The van der Waals surface area contributed by atoms with E-state index in [9.17, 15) is 35.9 Å². The first kappa shape index (κ1) is 22.5. The fraction of sp³-hybridized carbons (Fsp3) is 0.278. The zero-order valence-electron chi connectivity index (χ0n) is 15.3. The van der Waals surface area contributed by atoms with Gasteiger partial charge in [0.05, 0.1) is 23.4 Å². The van der Waals surface area contributed by atoms with Crippen LogP contribution >= 0.6 is 0 Å². The standard InChI is InChI=1S/C18H18F4N2O4S/c1-10(11-4-6-15(14(19)7-11)24-29(2,27)28)17(26)23-9-12-3-5-13(8-16(12)25)18(20,21)22/h3-8,10,24-25H,9H2,1-2H3,(H,23,26). The van der Waals surface area contributed by atoms with Crippen LogP contribution in [0.15, 0.2) is 36.4 Å². The minimum atomic E-state index is -4.60. The van der Waals surface area contributed by atoms with Gasteiger partial charge < -0.3 is 10.4 Å². The van der Waals surface area contributed by atoms with E-state index in [0.29, 0.717) is 6.07 Å². The molecule has 0 bridgehead atoms. The van der Waals surface area contributed by atoms with Crippen LogP contribution in [0.4, 0.5) is 23.2 Å². The molecule has 0 aliphatic rings. The number of phenolic OH excluding ortho intramolecular Hbond substituents is 1. The number of hydrogen-bond donors (Lipinski definition) is 3. The molecule has 6 nitrogen and oxygen atoms in total. The van der Waals surface area contributed by atoms with Crippen molar-refractivity contribution in [2.24, 2.45) is 0 Å². The van der Waals surface area contributed by atoms with E-state index in [-0.39, 0.29) is 23.4 Å². The summed E-state index contributed by atoms with van der Waals surface area (Å²) >= 11 is 0. The van der Waals surface area contributed by atoms with Crippen LogP contribution in [0, 0.1) is 5.82 Å². The van der Waals surface area contributed by atoms with Crippen molar-refractivity contribution in [1.82, 2.24) is 5.32 Å². The first-order valence-electron chi connectivity index (χ1n) is 8.22. The van der Waals surface area contributed by atoms with Gasteiger partial charge in [0.25, 0.3) is 0 Å². The van der Waals surface area contributed by atoms with E-state index in [2.05, 4.69) is 5.32 Å². The highest BCUT2D eigenvalue weighted by atomic mass is 32.2. The molecular formula is C18H18F4N2O4S. The monoisotopic (exact) mass is 434 g/mol. The summed E-state index contributed by atoms with van der Waals surface area (Å²) in [6, 6.07) is 5.96. The van der Waals surface area contributed by atoms with E-state index in [4.69, 9.17) is 0 Å². The lowest BCUT2D eigenvalue weighted by Gasteiger charge is -2.15. The number of amides is 1. The van der Waals surface area contributed by atoms with Crippen molar-refractivity contribution in [2.75, 3.05) is 11.0 Å². The lowest BCUT2D eigenvalue weighted by molar-refractivity contribution is -0.137. The number of carbonyl (C=O) groups is 1. The molecule has 29 heavy (non-hydrogen) atoms. The van der Waals surface area contributed by atoms with Crippen LogP contribution in [0.1, 0.15) is 29.5 Å². The number of rotatable bonds is 6. The molecule has 11 heteroatoms. The molecule has 2 rings (SSSR count). The Bertz CT molecular complexity index is 1020. The summed E-state index contributed by atoms with van der Waals surface area (Å²) in [6.07, 6.45) is -3.73. The minimum absolute atomic E-state index is 0.0810. The van der Waals surface area contributed by atoms with E-state index in [0.717, 1.165) is 24.5 Å². The maximum Gasteiger partial charge on any atom is 0.416 e. The number of sulfonamides is 1. The third kappa shape index (κ3) is 6.08. The number of nitrogens with one attached hydrogen (secondary N) is 2. The summed E-state index contributed by atoms with van der Waals surface area (Å²) in [7, 11) is -3.67. The summed E-state index contributed by atoms with van der Waals surface area (Å²) in [6.45, 7) is 1.24. The quantitative estimate of drug-likeness (QED) is 0.608. The third-order valence-electron chi connectivity index (χ3n) is 4.05. The largest absolute Gasteiger partial charge is 0.508 e. The second-order valence-electron chi connectivity index (χ2n) is 6.39. The second-order valence-corrected chi connectivity index (χ2v) is 8.14. The molecule has 0 aliphatic heterocycles. The summed E-state index contributed by atoms with van der Waals surface area (Å²) in [4.78, 5) is 12.3. The number of hydrogen-bond acceptors (Lipinski definition) is 4. The van der Waals surface area contributed by atoms with Gasteiger partial charge in [-0.2, -0.15) is 13.2 Å². The molecule has 0 saturated heterocycles. The Morgan fingerprint density at radius 3 is 2.34 bits per heavy atom. The van der Waals surface area contributed by atoms with Crippen molar-refractivity contribution in [2.45, 2.75) is 25.6 Å². The van der Waals surface area contributed by atoms with E-state index in [1.165, 1.54) is 19.1 Å².